The van der Waals surface area contributed by atoms with Crippen molar-refractivity contribution in [2.24, 2.45) is 5.10 Å². The third-order valence-corrected chi connectivity index (χ3v) is 3.92. The molecule has 0 saturated heterocycles. The van der Waals surface area contributed by atoms with E-state index in [4.69, 9.17) is 0 Å². The Morgan fingerprint density at radius 3 is 2.04 bits per heavy atom. The lowest BCUT2D eigenvalue weighted by atomic mass is 9.92. The first kappa shape index (κ1) is 18.4. The number of anilines is 1. The van der Waals surface area contributed by atoms with Crippen molar-refractivity contribution in [2.75, 3.05) is 5.43 Å². The first-order valence-corrected chi connectivity index (χ1v) is 8.20. The molecule has 2 N–H and O–H groups in total. The van der Waals surface area contributed by atoms with Crippen LogP contribution in [0.5, 0.6) is 5.75 Å². The Labute approximate surface area is 147 Å². The fourth-order valence-electron chi connectivity index (χ4n) is 2.50. The van der Waals surface area contributed by atoms with Gasteiger partial charge in [-0.05, 0) is 52.8 Å². The van der Waals surface area contributed by atoms with Crippen molar-refractivity contribution >= 4 is 17.6 Å². The third kappa shape index (κ3) is 4.56. The number of aromatic hydroxyl groups is 1. The van der Waals surface area contributed by atoms with Crippen LogP contribution in [0.4, 0.5) is 11.4 Å². The van der Waals surface area contributed by atoms with Crippen molar-refractivity contribution in [3.8, 4) is 5.75 Å². The van der Waals surface area contributed by atoms with Gasteiger partial charge in [-0.1, -0.05) is 27.7 Å². The first-order chi connectivity index (χ1) is 11.8. The zero-order chi connectivity index (χ0) is 18.6. The van der Waals surface area contributed by atoms with Gasteiger partial charge in [0.15, 0.2) is 0 Å². The van der Waals surface area contributed by atoms with Crippen LogP contribution >= 0.6 is 0 Å². The summed E-state index contributed by atoms with van der Waals surface area (Å²) in [7, 11) is 0. The van der Waals surface area contributed by atoms with E-state index in [0.29, 0.717) is 11.4 Å². The van der Waals surface area contributed by atoms with Crippen LogP contribution in [-0.2, 0) is 0 Å². The molecule has 0 aromatic heterocycles. The molecule has 0 radical (unpaired) electrons. The predicted molar refractivity (Wildman–Crippen MR) is 101 cm³/mol. The summed E-state index contributed by atoms with van der Waals surface area (Å²) in [5.74, 6) is 0.757. The smallest absolute Gasteiger partial charge is 0.269 e. The average molecular weight is 341 g/mol. The minimum atomic E-state index is -0.440. The highest BCUT2D eigenvalue weighted by molar-refractivity contribution is 5.81. The summed E-state index contributed by atoms with van der Waals surface area (Å²) in [4.78, 5) is 10.2. The van der Waals surface area contributed by atoms with Crippen molar-refractivity contribution in [2.45, 2.75) is 39.5 Å². The van der Waals surface area contributed by atoms with Gasteiger partial charge in [0.2, 0.25) is 0 Å². The fraction of sp³-hybridized carbons (Fsp3) is 0.316. The molecule has 0 unspecified atom stereocenters. The normalized spacial score (nSPS) is 11.4. The number of nitro groups is 1. The van der Waals surface area contributed by atoms with E-state index in [0.717, 1.165) is 16.7 Å². The van der Waals surface area contributed by atoms with Gasteiger partial charge in [-0.15, -0.1) is 0 Å². The Balaban J connectivity index is 2.21. The summed E-state index contributed by atoms with van der Waals surface area (Å²) in [6, 6.07) is 9.90. The molecule has 0 aliphatic heterocycles. The molecular weight excluding hydrogens is 318 g/mol. The molecule has 0 bridgehead atoms. The number of hydrogen-bond acceptors (Lipinski definition) is 5. The molecule has 0 amide bonds. The summed E-state index contributed by atoms with van der Waals surface area (Å²) in [5.41, 5.74) is 6.23. The molecular formula is C19H23N3O3. The standard InChI is InChI=1S/C19H23N3O3/c1-12(2)17-9-14(10-18(13(3)4)19(17)23)11-20-21-15-5-7-16(8-6-15)22(24)25/h5-13,21,23H,1-4H3/b20-11+. The maximum absolute atomic E-state index is 10.6. The van der Waals surface area contributed by atoms with E-state index in [1.54, 1.807) is 18.3 Å². The number of rotatable bonds is 6. The lowest BCUT2D eigenvalue weighted by molar-refractivity contribution is -0.384. The van der Waals surface area contributed by atoms with Crippen LogP contribution in [0.1, 0.15) is 56.2 Å². The lowest BCUT2D eigenvalue weighted by Gasteiger charge is -2.16. The van der Waals surface area contributed by atoms with Crippen molar-refractivity contribution in [1.82, 2.24) is 0 Å². The van der Waals surface area contributed by atoms with E-state index in [1.807, 2.05) is 39.8 Å². The van der Waals surface area contributed by atoms with Crippen molar-refractivity contribution < 1.29 is 10.0 Å². The van der Waals surface area contributed by atoms with Crippen LogP contribution in [0.25, 0.3) is 0 Å². The molecule has 0 aliphatic carbocycles. The van der Waals surface area contributed by atoms with Crippen LogP contribution < -0.4 is 5.43 Å². The Hall–Kier alpha value is -2.89. The second-order valence-corrected chi connectivity index (χ2v) is 6.53. The maximum Gasteiger partial charge on any atom is 0.269 e. The number of hydrazone groups is 1. The number of hydrogen-bond donors (Lipinski definition) is 2. The van der Waals surface area contributed by atoms with Gasteiger partial charge >= 0.3 is 0 Å². The highest BCUT2D eigenvalue weighted by Gasteiger charge is 2.14. The van der Waals surface area contributed by atoms with Crippen LogP contribution in [0.15, 0.2) is 41.5 Å². The summed E-state index contributed by atoms with van der Waals surface area (Å²) in [6.45, 7) is 8.15. The number of phenolic OH excluding ortho intramolecular Hbond substituents is 1. The Morgan fingerprint density at radius 1 is 1.08 bits per heavy atom. The number of nitrogens with one attached hydrogen (secondary N) is 1. The van der Waals surface area contributed by atoms with Gasteiger partial charge < -0.3 is 5.11 Å². The van der Waals surface area contributed by atoms with Crippen LogP contribution in [0.3, 0.4) is 0 Å². The quantitative estimate of drug-likeness (QED) is 0.440. The summed E-state index contributed by atoms with van der Waals surface area (Å²) in [6.07, 6.45) is 1.68. The average Bonchev–Trinajstić information content (AvgIpc) is 2.56. The Kier molecular flexibility index (Phi) is 5.75. The number of phenols is 1. The van der Waals surface area contributed by atoms with Gasteiger partial charge in [-0.25, -0.2) is 0 Å². The van der Waals surface area contributed by atoms with Crippen LogP contribution in [0, 0.1) is 10.1 Å². The van der Waals surface area contributed by atoms with Crippen LogP contribution in [-0.4, -0.2) is 16.2 Å². The molecule has 0 heterocycles. The van der Waals surface area contributed by atoms with E-state index in [9.17, 15) is 15.2 Å². The highest BCUT2D eigenvalue weighted by Crippen LogP contribution is 2.34. The summed E-state index contributed by atoms with van der Waals surface area (Å²) in [5, 5.41) is 25.3. The van der Waals surface area contributed by atoms with E-state index in [1.165, 1.54) is 12.1 Å². The predicted octanol–water partition coefficient (Wildman–Crippen LogP) is 4.99. The molecule has 6 heteroatoms. The SMILES string of the molecule is CC(C)c1cc(/C=N/Nc2ccc([N+](=O)[O-])cc2)cc(C(C)C)c1O. The summed E-state index contributed by atoms with van der Waals surface area (Å²) >= 11 is 0. The fourth-order valence-corrected chi connectivity index (χ4v) is 2.50. The molecule has 0 saturated carbocycles. The molecule has 25 heavy (non-hydrogen) atoms. The molecule has 0 aliphatic rings. The molecule has 6 nitrogen and oxygen atoms in total. The van der Waals surface area contributed by atoms with Gasteiger partial charge in [-0.2, -0.15) is 5.10 Å². The second-order valence-electron chi connectivity index (χ2n) is 6.53. The lowest BCUT2D eigenvalue weighted by Crippen LogP contribution is -1.99. The largest absolute Gasteiger partial charge is 0.507 e. The highest BCUT2D eigenvalue weighted by atomic mass is 16.6. The summed E-state index contributed by atoms with van der Waals surface area (Å²) < 4.78 is 0. The molecule has 0 fully saturated rings. The number of non-ortho nitro benzene ring substituents is 1. The zero-order valence-electron chi connectivity index (χ0n) is 14.9. The minimum absolute atomic E-state index is 0.0382. The number of nitrogens with zero attached hydrogens (tertiary/aromatic N) is 2. The van der Waals surface area contributed by atoms with Crippen LogP contribution in [0.2, 0.25) is 0 Å². The maximum atomic E-state index is 10.6. The van der Waals surface area contributed by atoms with Crippen molar-refractivity contribution in [3.05, 3.63) is 63.2 Å². The molecule has 0 atom stereocenters. The minimum Gasteiger partial charge on any atom is -0.507 e. The van der Waals surface area contributed by atoms with Crippen molar-refractivity contribution in [1.29, 1.82) is 0 Å². The number of benzene rings is 2. The van der Waals surface area contributed by atoms with Gasteiger partial charge in [0, 0.05) is 12.1 Å². The first-order valence-electron chi connectivity index (χ1n) is 8.20. The molecule has 2 aromatic carbocycles. The number of nitro benzene ring substituents is 1. The second kappa shape index (κ2) is 7.79. The molecule has 0 spiro atoms. The van der Waals surface area contributed by atoms with Gasteiger partial charge in [-0.3, -0.25) is 15.5 Å². The molecule has 132 valence electrons. The van der Waals surface area contributed by atoms with E-state index in [-0.39, 0.29) is 17.5 Å². The van der Waals surface area contributed by atoms with E-state index >= 15 is 0 Å². The van der Waals surface area contributed by atoms with E-state index in [2.05, 4.69) is 10.5 Å². The Morgan fingerprint density at radius 2 is 1.60 bits per heavy atom. The van der Waals surface area contributed by atoms with E-state index < -0.39 is 4.92 Å². The van der Waals surface area contributed by atoms with Crippen molar-refractivity contribution in [3.63, 3.8) is 0 Å². The topological polar surface area (TPSA) is 87.8 Å². The zero-order valence-corrected chi connectivity index (χ0v) is 14.9. The van der Waals surface area contributed by atoms with Gasteiger partial charge in [0.05, 0.1) is 16.8 Å². The molecule has 2 rings (SSSR count). The van der Waals surface area contributed by atoms with Gasteiger partial charge in [0.1, 0.15) is 5.75 Å². The Bertz CT molecular complexity index is 752. The third-order valence-electron chi connectivity index (χ3n) is 3.92. The molecule has 2 aromatic rings. The van der Waals surface area contributed by atoms with Gasteiger partial charge in [0.25, 0.3) is 5.69 Å². The monoisotopic (exact) mass is 341 g/mol.